The standard InChI is InChI=1S/C21H24N6OS/c1-14-6-3-9-18(23-14)25-19-10-4-7-16(24-19)17-8-5-11-27(17)13-20(28)26-21-22-12-15(2)29-21/h3-4,6-7,9-10,12,17H,5,8,11,13H2,1-2H3,(H,22,26,28)(H,23,24,25)/t17-/m1/s1. The van der Waals surface area contributed by atoms with Gasteiger partial charge in [-0.3, -0.25) is 9.69 Å². The molecule has 1 atom stereocenters. The van der Waals surface area contributed by atoms with E-state index in [2.05, 4.69) is 25.5 Å². The number of rotatable bonds is 6. The van der Waals surface area contributed by atoms with Gasteiger partial charge in [-0.2, -0.15) is 0 Å². The molecule has 0 radical (unpaired) electrons. The first-order valence-electron chi connectivity index (χ1n) is 9.71. The minimum absolute atomic E-state index is 0.0375. The average Bonchev–Trinajstić information content (AvgIpc) is 3.31. The van der Waals surface area contributed by atoms with Crippen LogP contribution in [0.4, 0.5) is 16.8 Å². The van der Waals surface area contributed by atoms with Gasteiger partial charge in [0.15, 0.2) is 5.13 Å². The molecular weight excluding hydrogens is 384 g/mol. The molecule has 3 aromatic rings. The molecule has 7 nitrogen and oxygen atoms in total. The van der Waals surface area contributed by atoms with E-state index in [4.69, 9.17) is 4.98 Å². The van der Waals surface area contributed by atoms with Crippen molar-refractivity contribution < 1.29 is 4.79 Å². The van der Waals surface area contributed by atoms with E-state index in [1.807, 2.05) is 50.2 Å². The number of aromatic nitrogens is 3. The molecule has 2 N–H and O–H groups in total. The first kappa shape index (κ1) is 19.5. The van der Waals surface area contributed by atoms with Crippen molar-refractivity contribution in [1.82, 2.24) is 19.9 Å². The number of hydrogen-bond donors (Lipinski definition) is 2. The normalized spacial score (nSPS) is 16.7. The molecule has 0 spiro atoms. The van der Waals surface area contributed by atoms with Crippen LogP contribution in [0.2, 0.25) is 0 Å². The summed E-state index contributed by atoms with van der Waals surface area (Å²) in [6.07, 6.45) is 3.81. The third-order valence-corrected chi connectivity index (χ3v) is 5.66. The van der Waals surface area contributed by atoms with Crippen molar-refractivity contribution in [3.63, 3.8) is 0 Å². The molecule has 1 aliphatic rings. The number of anilines is 3. The smallest absolute Gasteiger partial charge is 0.240 e. The Bertz CT molecular complexity index is 1000. The zero-order chi connectivity index (χ0) is 20.2. The Kier molecular flexibility index (Phi) is 5.82. The SMILES string of the molecule is Cc1cccc(Nc2cccc([C@H]3CCCN3CC(=O)Nc3ncc(C)s3)n2)n1. The number of aryl methyl sites for hydroxylation is 2. The van der Waals surface area contributed by atoms with E-state index in [1.54, 1.807) is 6.20 Å². The molecule has 4 heterocycles. The minimum atomic E-state index is -0.0375. The molecule has 1 fully saturated rings. The van der Waals surface area contributed by atoms with Crippen molar-refractivity contribution in [3.05, 3.63) is 58.9 Å². The van der Waals surface area contributed by atoms with Gasteiger partial charge in [-0.15, -0.1) is 11.3 Å². The fraction of sp³-hybridized carbons (Fsp3) is 0.333. The Labute approximate surface area is 174 Å². The zero-order valence-corrected chi connectivity index (χ0v) is 17.4. The fourth-order valence-electron chi connectivity index (χ4n) is 3.56. The predicted molar refractivity (Wildman–Crippen MR) is 116 cm³/mol. The van der Waals surface area contributed by atoms with E-state index < -0.39 is 0 Å². The number of hydrogen-bond acceptors (Lipinski definition) is 7. The molecule has 0 unspecified atom stereocenters. The van der Waals surface area contributed by atoms with E-state index in [9.17, 15) is 4.79 Å². The summed E-state index contributed by atoms with van der Waals surface area (Å²) in [4.78, 5) is 29.2. The third-order valence-electron chi connectivity index (χ3n) is 4.83. The first-order valence-corrected chi connectivity index (χ1v) is 10.5. The van der Waals surface area contributed by atoms with Gasteiger partial charge >= 0.3 is 0 Å². The van der Waals surface area contributed by atoms with Crippen LogP contribution in [0.1, 0.15) is 35.1 Å². The summed E-state index contributed by atoms with van der Waals surface area (Å²) in [5, 5.41) is 6.82. The highest BCUT2D eigenvalue weighted by Gasteiger charge is 2.29. The van der Waals surface area contributed by atoms with Gasteiger partial charge < -0.3 is 10.6 Å². The molecule has 8 heteroatoms. The Morgan fingerprint density at radius 1 is 1.17 bits per heavy atom. The van der Waals surface area contributed by atoms with Gasteiger partial charge in [0.2, 0.25) is 5.91 Å². The summed E-state index contributed by atoms with van der Waals surface area (Å²) < 4.78 is 0. The molecule has 1 aliphatic heterocycles. The molecule has 1 saturated heterocycles. The molecule has 29 heavy (non-hydrogen) atoms. The monoisotopic (exact) mass is 408 g/mol. The van der Waals surface area contributed by atoms with Crippen LogP contribution in [0.15, 0.2) is 42.6 Å². The van der Waals surface area contributed by atoms with E-state index >= 15 is 0 Å². The van der Waals surface area contributed by atoms with Gasteiger partial charge in [-0.25, -0.2) is 15.0 Å². The zero-order valence-electron chi connectivity index (χ0n) is 16.6. The minimum Gasteiger partial charge on any atom is -0.325 e. The molecule has 3 aromatic heterocycles. The quantitative estimate of drug-likeness (QED) is 0.640. The van der Waals surface area contributed by atoms with E-state index in [1.165, 1.54) is 11.3 Å². The van der Waals surface area contributed by atoms with E-state index in [0.29, 0.717) is 11.7 Å². The van der Waals surface area contributed by atoms with Gasteiger partial charge in [-0.1, -0.05) is 12.1 Å². The van der Waals surface area contributed by atoms with Gasteiger partial charge in [0, 0.05) is 16.8 Å². The van der Waals surface area contributed by atoms with Crippen LogP contribution in [0.5, 0.6) is 0 Å². The molecule has 0 saturated carbocycles. The van der Waals surface area contributed by atoms with E-state index in [-0.39, 0.29) is 11.9 Å². The lowest BCUT2D eigenvalue weighted by molar-refractivity contribution is -0.117. The summed E-state index contributed by atoms with van der Waals surface area (Å²) in [5.41, 5.74) is 1.92. The fourth-order valence-corrected chi connectivity index (χ4v) is 4.24. The molecule has 4 rings (SSSR count). The van der Waals surface area contributed by atoms with Crippen molar-refractivity contribution in [2.24, 2.45) is 0 Å². The summed E-state index contributed by atoms with van der Waals surface area (Å²) in [6, 6.07) is 11.9. The average molecular weight is 409 g/mol. The highest BCUT2D eigenvalue weighted by atomic mass is 32.1. The Morgan fingerprint density at radius 2 is 1.97 bits per heavy atom. The van der Waals surface area contributed by atoms with Crippen LogP contribution in [0.3, 0.4) is 0 Å². The third kappa shape index (κ3) is 4.96. The largest absolute Gasteiger partial charge is 0.325 e. The summed E-state index contributed by atoms with van der Waals surface area (Å²) in [6.45, 7) is 5.15. The summed E-state index contributed by atoms with van der Waals surface area (Å²) in [7, 11) is 0. The number of pyridine rings is 2. The number of amides is 1. The lowest BCUT2D eigenvalue weighted by Crippen LogP contribution is -2.33. The molecule has 0 bridgehead atoms. The molecule has 150 valence electrons. The molecule has 0 aromatic carbocycles. The van der Waals surface area contributed by atoms with Crippen LogP contribution >= 0.6 is 11.3 Å². The molecular formula is C21H24N6OS. The first-order chi connectivity index (χ1) is 14.1. The predicted octanol–water partition coefficient (Wildman–Crippen LogP) is 4.07. The van der Waals surface area contributed by atoms with Crippen molar-refractivity contribution >= 4 is 34.0 Å². The maximum absolute atomic E-state index is 12.5. The van der Waals surface area contributed by atoms with Crippen molar-refractivity contribution in [3.8, 4) is 0 Å². The van der Waals surface area contributed by atoms with Crippen molar-refractivity contribution in [2.45, 2.75) is 32.7 Å². The maximum Gasteiger partial charge on any atom is 0.240 e. The van der Waals surface area contributed by atoms with Gasteiger partial charge in [-0.05, 0) is 57.5 Å². The second kappa shape index (κ2) is 8.67. The second-order valence-electron chi connectivity index (χ2n) is 7.19. The number of likely N-dealkylation sites (tertiary alicyclic amines) is 1. The second-order valence-corrected chi connectivity index (χ2v) is 8.42. The topological polar surface area (TPSA) is 83.0 Å². The van der Waals surface area contributed by atoms with Crippen molar-refractivity contribution in [2.75, 3.05) is 23.7 Å². The van der Waals surface area contributed by atoms with Gasteiger partial charge in [0.05, 0.1) is 18.3 Å². The summed E-state index contributed by atoms with van der Waals surface area (Å²) >= 11 is 1.49. The van der Waals surface area contributed by atoms with Crippen LogP contribution in [-0.2, 0) is 4.79 Å². The van der Waals surface area contributed by atoms with Crippen LogP contribution in [-0.4, -0.2) is 38.8 Å². The van der Waals surface area contributed by atoms with Crippen LogP contribution in [0.25, 0.3) is 0 Å². The Hall–Kier alpha value is -2.84. The Morgan fingerprint density at radius 3 is 2.72 bits per heavy atom. The van der Waals surface area contributed by atoms with Crippen LogP contribution < -0.4 is 10.6 Å². The van der Waals surface area contributed by atoms with Gasteiger partial charge in [0.1, 0.15) is 11.6 Å². The lowest BCUT2D eigenvalue weighted by atomic mass is 10.1. The maximum atomic E-state index is 12.5. The number of nitrogens with zero attached hydrogens (tertiary/aromatic N) is 4. The highest BCUT2D eigenvalue weighted by molar-refractivity contribution is 7.15. The number of nitrogens with one attached hydrogen (secondary N) is 2. The Balaban J connectivity index is 1.43. The number of carbonyl (C=O) groups is 1. The lowest BCUT2D eigenvalue weighted by Gasteiger charge is -2.23. The number of thiazole rings is 1. The molecule has 0 aliphatic carbocycles. The molecule has 1 amide bonds. The van der Waals surface area contributed by atoms with Gasteiger partial charge in [0.25, 0.3) is 0 Å². The number of carbonyl (C=O) groups excluding carboxylic acids is 1. The van der Waals surface area contributed by atoms with E-state index in [0.717, 1.165) is 47.3 Å². The van der Waals surface area contributed by atoms with Crippen LogP contribution in [0, 0.1) is 13.8 Å². The van der Waals surface area contributed by atoms with Crippen molar-refractivity contribution in [1.29, 1.82) is 0 Å². The highest BCUT2D eigenvalue weighted by Crippen LogP contribution is 2.31. The summed E-state index contributed by atoms with van der Waals surface area (Å²) in [5.74, 6) is 1.50.